The lowest BCUT2D eigenvalue weighted by atomic mass is 9.86. The predicted octanol–water partition coefficient (Wildman–Crippen LogP) is 3.28. The average Bonchev–Trinajstić information content (AvgIpc) is 2.35. The maximum absolute atomic E-state index is 3.83. The minimum absolute atomic E-state index is 0.374. The molecule has 0 saturated carbocycles. The smallest absolute Gasteiger partial charge is 0.0304 e. The van der Waals surface area contributed by atoms with Crippen molar-refractivity contribution in [1.82, 2.24) is 10.2 Å². The third-order valence-corrected chi connectivity index (χ3v) is 4.58. The number of piperazine rings is 1. The molecule has 17 heavy (non-hydrogen) atoms. The molecule has 1 N–H and O–H groups in total. The van der Waals surface area contributed by atoms with Crippen LogP contribution in [0.15, 0.2) is 0 Å². The molecule has 0 aromatic rings. The molecule has 1 saturated heterocycles. The molecule has 0 aromatic heterocycles. The lowest BCUT2D eigenvalue weighted by Gasteiger charge is -2.49. The Hall–Kier alpha value is -0.0800. The van der Waals surface area contributed by atoms with E-state index in [1.165, 1.54) is 45.3 Å². The molecule has 1 fully saturated rings. The molecule has 0 aliphatic carbocycles. The van der Waals surface area contributed by atoms with Crippen LogP contribution in [0, 0.1) is 5.92 Å². The van der Waals surface area contributed by atoms with Gasteiger partial charge in [0.25, 0.3) is 0 Å². The van der Waals surface area contributed by atoms with Gasteiger partial charge in [0.15, 0.2) is 0 Å². The summed E-state index contributed by atoms with van der Waals surface area (Å²) in [6, 6.07) is 0.729. The molecule has 1 aliphatic rings. The Bertz CT molecular complexity index is 209. The molecule has 0 amide bonds. The molecule has 102 valence electrons. The predicted molar refractivity (Wildman–Crippen MR) is 76.4 cm³/mol. The molecule has 2 nitrogen and oxygen atoms in total. The highest BCUT2D eigenvalue weighted by molar-refractivity contribution is 4.97. The quantitative estimate of drug-likeness (QED) is 0.766. The van der Waals surface area contributed by atoms with Crippen molar-refractivity contribution in [3.8, 4) is 0 Å². The van der Waals surface area contributed by atoms with Crippen molar-refractivity contribution in [2.45, 2.75) is 71.9 Å². The lowest BCUT2D eigenvalue weighted by Crippen LogP contribution is -2.65. The van der Waals surface area contributed by atoms with Crippen LogP contribution < -0.4 is 5.32 Å². The van der Waals surface area contributed by atoms with Gasteiger partial charge in [0, 0.05) is 24.7 Å². The number of hydrogen-bond acceptors (Lipinski definition) is 2. The van der Waals surface area contributed by atoms with Gasteiger partial charge in [-0.05, 0) is 31.7 Å². The van der Waals surface area contributed by atoms with E-state index >= 15 is 0 Å². The summed E-state index contributed by atoms with van der Waals surface area (Å²) in [5, 5.41) is 3.83. The molecule has 0 aromatic carbocycles. The number of nitrogens with one attached hydrogen (secondary N) is 1. The fourth-order valence-electron chi connectivity index (χ4n) is 3.00. The molecular weight excluding hydrogens is 208 g/mol. The van der Waals surface area contributed by atoms with E-state index in [1.54, 1.807) is 0 Å². The first-order chi connectivity index (χ1) is 8.08. The number of nitrogens with zero attached hydrogens (tertiary/aromatic N) is 1. The topological polar surface area (TPSA) is 15.3 Å². The fraction of sp³-hybridized carbons (Fsp3) is 1.00. The normalized spacial score (nSPS) is 25.4. The average molecular weight is 240 g/mol. The maximum Gasteiger partial charge on any atom is 0.0304 e. The van der Waals surface area contributed by atoms with E-state index in [4.69, 9.17) is 0 Å². The zero-order valence-corrected chi connectivity index (χ0v) is 12.6. The Morgan fingerprint density at radius 3 is 2.35 bits per heavy atom. The molecular formula is C15H32N2. The van der Waals surface area contributed by atoms with Gasteiger partial charge in [-0.2, -0.15) is 0 Å². The van der Waals surface area contributed by atoms with E-state index < -0.39 is 0 Å². The molecule has 0 spiro atoms. The summed E-state index contributed by atoms with van der Waals surface area (Å²) < 4.78 is 0. The second-order valence-corrected chi connectivity index (χ2v) is 6.00. The highest BCUT2D eigenvalue weighted by Crippen LogP contribution is 2.25. The Kier molecular flexibility index (Phi) is 5.94. The highest BCUT2D eigenvalue weighted by Gasteiger charge is 2.37. The molecule has 2 heteroatoms. The number of rotatable bonds is 6. The third kappa shape index (κ3) is 3.69. The highest BCUT2D eigenvalue weighted by atomic mass is 15.3. The van der Waals surface area contributed by atoms with Gasteiger partial charge in [0.05, 0.1) is 0 Å². The van der Waals surface area contributed by atoms with Gasteiger partial charge < -0.3 is 5.32 Å². The van der Waals surface area contributed by atoms with Gasteiger partial charge in [0.2, 0.25) is 0 Å². The SMILES string of the molecule is CCCCN1CC(CC)(CC)NCC1C(C)C. The largest absolute Gasteiger partial charge is 0.308 e. The molecule has 1 rings (SSSR count). The van der Waals surface area contributed by atoms with E-state index in [9.17, 15) is 0 Å². The maximum atomic E-state index is 3.83. The lowest BCUT2D eigenvalue weighted by molar-refractivity contribution is 0.0495. The van der Waals surface area contributed by atoms with Gasteiger partial charge >= 0.3 is 0 Å². The Morgan fingerprint density at radius 2 is 1.88 bits per heavy atom. The standard InChI is InChI=1S/C15H32N2/c1-6-9-10-17-12-15(7-2,8-3)16-11-14(17)13(4)5/h13-14,16H,6-12H2,1-5H3. The van der Waals surface area contributed by atoms with Crippen LogP contribution in [0.25, 0.3) is 0 Å². The molecule has 1 atom stereocenters. The zero-order valence-electron chi connectivity index (χ0n) is 12.6. The van der Waals surface area contributed by atoms with Crippen molar-refractivity contribution in [3.05, 3.63) is 0 Å². The van der Waals surface area contributed by atoms with Crippen molar-refractivity contribution in [3.63, 3.8) is 0 Å². The summed E-state index contributed by atoms with van der Waals surface area (Å²) in [4.78, 5) is 2.75. The van der Waals surface area contributed by atoms with E-state index in [0.29, 0.717) is 5.54 Å². The van der Waals surface area contributed by atoms with E-state index in [1.807, 2.05) is 0 Å². The van der Waals surface area contributed by atoms with Crippen molar-refractivity contribution < 1.29 is 0 Å². The minimum Gasteiger partial charge on any atom is -0.308 e. The monoisotopic (exact) mass is 240 g/mol. The van der Waals surface area contributed by atoms with Crippen molar-refractivity contribution in [2.24, 2.45) is 5.92 Å². The number of unbranched alkanes of at least 4 members (excludes halogenated alkanes) is 1. The molecule has 1 heterocycles. The van der Waals surface area contributed by atoms with Crippen LogP contribution >= 0.6 is 0 Å². The van der Waals surface area contributed by atoms with Crippen molar-refractivity contribution >= 4 is 0 Å². The summed E-state index contributed by atoms with van der Waals surface area (Å²) in [7, 11) is 0. The second kappa shape index (κ2) is 6.75. The summed E-state index contributed by atoms with van der Waals surface area (Å²) in [6.45, 7) is 15.3. The van der Waals surface area contributed by atoms with E-state index in [-0.39, 0.29) is 0 Å². The zero-order chi connectivity index (χ0) is 12.9. The van der Waals surface area contributed by atoms with E-state index in [0.717, 1.165) is 12.0 Å². The van der Waals surface area contributed by atoms with Gasteiger partial charge in [-0.3, -0.25) is 4.90 Å². The summed E-state index contributed by atoms with van der Waals surface area (Å²) in [6.07, 6.45) is 5.14. The van der Waals surface area contributed by atoms with Gasteiger partial charge in [0.1, 0.15) is 0 Å². The molecule has 1 aliphatic heterocycles. The van der Waals surface area contributed by atoms with Crippen LogP contribution in [0.2, 0.25) is 0 Å². The van der Waals surface area contributed by atoms with Crippen LogP contribution in [0.1, 0.15) is 60.3 Å². The van der Waals surface area contributed by atoms with Crippen LogP contribution in [-0.4, -0.2) is 36.1 Å². The molecule has 0 bridgehead atoms. The fourth-order valence-corrected chi connectivity index (χ4v) is 3.00. The van der Waals surface area contributed by atoms with Crippen molar-refractivity contribution in [2.75, 3.05) is 19.6 Å². The van der Waals surface area contributed by atoms with Crippen molar-refractivity contribution in [1.29, 1.82) is 0 Å². The number of hydrogen-bond donors (Lipinski definition) is 1. The minimum atomic E-state index is 0.374. The van der Waals surface area contributed by atoms with Gasteiger partial charge in [-0.1, -0.05) is 41.0 Å². The second-order valence-electron chi connectivity index (χ2n) is 6.00. The van der Waals surface area contributed by atoms with E-state index in [2.05, 4.69) is 44.8 Å². The molecule has 1 unspecified atom stereocenters. The summed E-state index contributed by atoms with van der Waals surface area (Å²) in [5.41, 5.74) is 0.374. The van der Waals surface area contributed by atoms with Crippen LogP contribution in [0.3, 0.4) is 0 Å². The first-order valence-corrected chi connectivity index (χ1v) is 7.57. The van der Waals surface area contributed by atoms with Crippen LogP contribution in [0.4, 0.5) is 0 Å². The van der Waals surface area contributed by atoms with Crippen LogP contribution in [-0.2, 0) is 0 Å². The Morgan fingerprint density at radius 1 is 1.24 bits per heavy atom. The summed E-state index contributed by atoms with van der Waals surface area (Å²) in [5.74, 6) is 0.756. The first-order valence-electron chi connectivity index (χ1n) is 7.57. The van der Waals surface area contributed by atoms with Crippen LogP contribution in [0.5, 0.6) is 0 Å². The first kappa shape index (κ1) is 15.0. The Labute approximate surface area is 108 Å². The van der Waals surface area contributed by atoms with Gasteiger partial charge in [-0.25, -0.2) is 0 Å². The Balaban J connectivity index is 2.68. The third-order valence-electron chi connectivity index (χ3n) is 4.58. The molecule has 0 radical (unpaired) electrons. The van der Waals surface area contributed by atoms with Gasteiger partial charge in [-0.15, -0.1) is 0 Å². The summed E-state index contributed by atoms with van der Waals surface area (Å²) >= 11 is 0.